The molecule has 0 unspecified atom stereocenters. The van der Waals surface area contributed by atoms with E-state index in [1.54, 1.807) is 11.7 Å². The van der Waals surface area contributed by atoms with Crippen molar-refractivity contribution in [2.45, 2.75) is 38.5 Å². The van der Waals surface area contributed by atoms with Crippen LogP contribution in [-0.2, 0) is 4.79 Å². The number of hydrogen-bond donors (Lipinski definition) is 3. The lowest BCUT2D eigenvalue weighted by Gasteiger charge is -2.03. The van der Waals surface area contributed by atoms with E-state index in [4.69, 9.17) is 9.62 Å². The smallest absolute Gasteiger partial charge is 0.243 e. The molecular formula is C16H20N2O4. The van der Waals surface area contributed by atoms with Crippen LogP contribution in [0.15, 0.2) is 40.1 Å². The van der Waals surface area contributed by atoms with Crippen LogP contribution >= 0.6 is 0 Å². The number of amides is 1. The Balaban J connectivity index is 1.82. The second-order valence-electron chi connectivity index (χ2n) is 5.15. The summed E-state index contributed by atoms with van der Waals surface area (Å²) in [5.74, 6) is 0.248. The number of furan rings is 1. The summed E-state index contributed by atoms with van der Waals surface area (Å²) >= 11 is 0. The zero-order chi connectivity index (χ0) is 15.8. The molecule has 0 fully saturated rings. The van der Waals surface area contributed by atoms with Crippen molar-refractivity contribution < 1.29 is 19.6 Å². The number of nitrogens with one attached hydrogen (secondary N) is 1. The van der Waals surface area contributed by atoms with Crippen LogP contribution in [0.25, 0.3) is 10.8 Å². The van der Waals surface area contributed by atoms with Crippen molar-refractivity contribution in [3.05, 3.63) is 36.3 Å². The molecule has 0 radical (unpaired) electrons. The van der Waals surface area contributed by atoms with Crippen LogP contribution in [0.1, 0.15) is 44.3 Å². The summed E-state index contributed by atoms with van der Waals surface area (Å²) in [6.07, 6.45) is 5.95. The van der Waals surface area contributed by atoms with Crippen LogP contribution in [0.4, 0.5) is 0 Å². The predicted octanol–water partition coefficient (Wildman–Crippen LogP) is 3.46. The van der Waals surface area contributed by atoms with Crippen molar-refractivity contribution in [3.8, 4) is 0 Å². The average molecular weight is 304 g/mol. The molecule has 3 N–H and O–H groups in total. The van der Waals surface area contributed by atoms with Gasteiger partial charge in [-0.25, -0.2) is 5.48 Å². The van der Waals surface area contributed by atoms with Crippen molar-refractivity contribution in [1.29, 1.82) is 0 Å². The van der Waals surface area contributed by atoms with Crippen LogP contribution < -0.4 is 5.48 Å². The predicted molar refractivity (Wildman–Crippen MR) is 82.2 cm³/mol. The summed E-state index contributed by atoms with van der Waals surface area (Å²) in [4.78, 5) is 10.9. The first-order chi connectivity index (χ1) is 10.8. The number of unbranched alkanes of at least 4 members (excludes halogenated alkanes) is 3. The van der Waals surface area contributed by atoms with Gasteiger partial charge >= 0.3 is 0 Å². The van der Waals surface area contributed by atoms with Gasteiger partial charge in [-0.1, -0.05) is 42.3 Å². The number of fused-ring (bicyclic) bond motifs is 1. The van der Waals surface area contributed by atoms with Crippen molar-refractivity contribution in [1.82, 2.24) is 5.48 Å². The highest BCUT2D eigenvalue weighted by molar-refractivity contribution is 6.08. The number of hydrogen-bond acceptors (Lipinski definition) is 5. The molecule has 0 aliphatic carbocycles. The molecule has 0 saturated carbocycles. The number of carbonyl (C=O) groups is 1. The Hall–Kier alpha value is -2.34. The zero-order valence-corrected chi connectivity index (χ0v) is 12.3. The average Bonchev–Trinajstić information content (AvgIpc) is 2.98. The molecule has 0 spiro atoms. The third-order valence-corrected chi connectivity index (χ3v) is 3.58. The van der Waals surface area contributed by atoms with Gasteiger partial charge in [-0.05, 0) is 19.3 Å². The van der Waals surface area contributed by atoms with E-state index in [0.717, 1.165) is 36.5 Å². The summed E-state index contributed by atoms with van der Waals surface area (Å²) in [7, 11) is 0. The van der Waals surface area contributed by atoms with Gasteiger partial charge in [0.2, 0.25) is 5.91 Å². The van der Waals surface area contributed by atoms with Gasteiger partial charge in [0.15, 0.2) is 5.76 Å². The molecule has 2 aromatic rings. The summed E-state index contributed by atoms with van der Waals surface area (Å²) in [5, 5.41) is 22.9. The third kappa shape index (κ3) is 4.08. The van der Waals surface area contributed by atoms with Gasteiger partial charge in [0.1, 0.15) is 5.71 Å². The van der Waals surface area contributed by atoms with E-state index in [0.29, 0.717) is 24.3 Å². The maximum absolute atomic E-state index is 10.9. The largest absolute Gasteiger partial charge is 0.462 e. The minimum absolute atomic E-state index is 0.320. The first-order valence-electron chi connectivity index (χ1n) is 7.36. The van der Waals surface area contributed by atoms with E-state index >= 15 is 0 Å². The van der Waals surface area contributed by atoms with E-state index in [-0.39, 0.29) is 5.91 Å². The molecule has 6 heteroatoms. The molecule has 1 amide bonds. The molecular weight excluding hydrogens is 284 g/mol. The second kappa shape index (κ2) is 8.19. The number of rotatable bonds is 8. The number of oxime groups is 1. The normalized spacial score (nSPS) is 11.8. The fraction of sp³-hybridized carbons (Fsp3) is 0.375. The number of benzene rings is 1. The lowest BCUT2D eigenvalue weighted by molar-refractivity contribution is -0.129. The number of hydroxylamine groups is 1. The summed E-state index contributed by atoms with van der Waals surface area (Å²) < 4.78 is 5.52. The Labute approximate surface area is 128 Å². The van der Waals surface area contributed by atoms with Crippen LogP contribution in [0.5, 0.6) is 0 Å². The molecule has 1 aromatic heterocycles. The van der Waals surface area contributed by atoms with Crippen molar-refractivity contribution in [2.24, 2.45) is 5.16 Å². The van der Waals surface area contributed by atoms with Crippen LogP contribution in [0.3, 0.4) is 0 Å². The summed E-state index contributed by atoms with van der Waals surface area (Å²) in [5.41, 5.74) is 2.15. The summed E-state index contributed by atoms with van der Waals surface area (Å²) in [6, 6.07) is 7.73. The second-order valence-corrected chi connectivity index (χ2v) is 5.15. The molecule has 0 saturated heterocycles. The van der Waals surface area contributed by atoms with Crippen molar-refractivity contribution in [3.63, 3.8) is 0 Å². The van der Waals surface area contributed by atoms with Gasteiger partial charge in [-0.2, -0.15) is 0 Å². The fourth-order valence-corrected chi connectivity index (χ4v) is 2.41. The first-order valence-corrected chi connectivity index (χ1v) is 7.36. The lowest BCUT2D eigenvalue weighted by Crippen LogP contribution is -2.17. The highest BCUT2D eigenvalue weighted by Crippen LogP contribution is 2.23. The molecule has 22 heavy (non-hydrogen) atoms. The topological polar surface area (TPSA) is 95.1 Å². The molecule has 0 atom stereocenters. The molecule has 0 aliphatic rings. The van der Waals surface area contributed by atoms with E-state index in [9.17, 15) is 10.0 Å². The molecule has 0 bridgehead atoms. The summed E-state index contributed by atoms with van der Waals surface area (Å²) in [6.45, 7) is 0. The molecule has 2 rings (SSSR count). The maximum atomic E-state index is 10.9. The van der Waals surface area contributed by atoms with Crippen LogP contribution in [-0.4, -0.2) is 22.0 Å². The quantitative estimate of drug-likeness (QED) is 0.229. The standard InChI is InChI=1S/C16H20N2O4/c19-15(18-21)10-4-2-1-3-9-14(17-20)16-13-8-6-5-7-12(13)11-22-16/h5-8,11,20-21H,1-4,9-10H2,(H,18,19)/b17-14+. The van der Waals surface area contributed by atoms with Gasteiger partial charge in [0.25, 0.3) is 0 Å². The highest BCUT2D eigenvalue weighted by Gasteiger charge is 2.13. The van der Waals surface area contributed by atoms with Gasteiger partial charge in [0.05, 0.1) is 6.26 Å². The highest BCUT2D eigenvalue weighted by atomic mass is 16.5. The fourth-order valence-electron chi connectivity index (χ4n) is 2.41. The Morgan fingerprint density at radius 2 is 1.86 bits per heavy atom. The Kier molecular flexibility index (Phi) is 5.97. The van der Waals surface area contributed by atoms with Gasteiger partial charge < -0.3 is 9.62 Å². The molecule has 118 valence electrons. The minimum atomic E-state index is -0.361. The molecule has 0 aliphatic heterocycles. The lowest BCUT2D eigenvalue weighted by atomic mass is 10.0. The molecule has 6 nitrogen and oxygen atoms in total. The van der Waals surface area contributed by atoms with Crippen LogP contribution in [0, 0.1) is 0 Å². The van der Waals surface area contributed by atoms with Gasteiger partial charge in [-0.15, -0.1) is 0 Å². The van der Waals surface area contributed by atoms with E-state index in [1.807, 2.05) is 24.3 Å². The SMILES string of the molecule is O=C(CCCCCC/C(=N\O)c1occ2ccccc12)NO. The van der Waals surface area contributed by atoms with E-state index in [2.05, 4.69) is 5.16 Å². The monoisotopic (exact) mass is 304 g/mol. The number of carbonyl (C=O) groups excluding carboxylic acids is 1. The van der Waals surface area contributed by atoms with Crippen molar-refractivity contribution in [2.75, 3.05) is 0 Å². The van der Waals surface area contributed by atoms with Crippen LogP contribution in [0.2, 0.25) is 0 Å². The number of nitrogens with zero attached hydrogens (tertiary/aromatic N) is 1. The molecule has 1 heterocycles. The third-order valence-electron chi connectivity index (χ3n) is 3.58. The maximum Gasteiger partial charge on any atom is 0.243 e. The van der Waals surface area contributed by atoms with E-state index in [1.165, 1.54) is 0 Å². The molecule has 1 aromatic carbocycles. The Morgan fingerprint density at radius 3 is 2.59 bits per heavy atom. The minimum Gasteiger partial charge on any atom is -0.462 e. The van der Waals surface area contributed by atoms with E-state index < -0.39 is 0 Å². The first kappa shape index (κ1) is 16.0. The zero-order valence-electron chi connectivity index (χ0n) is 12.3. The van der Waals surface area contributed by atoms with Gasteiger partial charge in [0, 0.05) is 17.2 Å². The van der Waals surface area contributed by atoms with Gasteiger partial charge in [-0.3, -0.25) is 10.0 Å². The Morgan fingerprint density at radius 1 is 1.14 bits per heavy atom. The Bertz CT molecular complexity index is 648. The van der Waals surface area contributed by atoms with Crippen molar-refractivity contribution >= 4 is 22.4 Å².